The quantitative estimate of drug-likeness (QED) is 0.865. The van der Waals surface area contributed by atoms with Crippen molar-refractivity contribution in [2.75, 3.05) is 19.6 Å². The van der Waals surface area contributed by atoms with E-state index in [9.17, 15) is 4.79 Å². The van der Waals surface area contributed by atoms with E-state index in [4.69, 9.17) is 4.42 Å². The topological polar surface area (TPSA) is 45.5 Å². The molecule has 1 aliphatic carbocycles. The second-order valence-corrected chi connectivity index (χ2v) is 5.46. The normalized spacial score (nSPS) is 23.2. The van der Waals surface area contributed by atoms with Gasteiger partial charge in [0.25, 0.3) is 5.91 Å². The first-order chi connectivity index (χ1) is 8.83. The van der Waals surface area contributed by atoms with Crippen molar-refractivity contribution in [2.45, 2.75) is 31.7 Å². The zero-order chi connectivity index (χ0) is 12.4. The highest BCUT2D eigenvalue weighted by atomic mass is 16.3. The smallest absolute Gasteiger partial charge is 0.257 e. The predicted octanol–water partition coefficient (Wildman–Crippen LogP) is 1.88. The SMILES string of the molecule is O=C(c1ccoc1)N(CC1CC1)CC1CCCN1. The van der Waals surface area contributed by atoms with Gasteiger partial charge in [0.2, 0.25) is 0 Å². The van der Waals surface area contributed by atoms with Crippen molar-refractivity contribution < 1.29 is 9.21 Å². The van der Waals surface area contributed by atoms with Crippen molar-refractivity contribution in [2.24, 2.45) is 5.92 Å². The van der Waals surface area contributed by atoms with Gasteiger partial charge in [-0.25, -0.2) is 0 Å². The molecule has 1 saturated heterocycles. The fraction of sp³-hybridized carbons (Fsp3) is 0.643. The van der Waals surface area contributed by atoms with Gasteiger partial charge in [0, 0.05) is 19.1 Å². The van der Waals surface area contributed by atoms with Crippen molar-refractivity contribution >= 4 is 5.91 Å². The molecule has 1 aromatic heterocycles. The standard InChI is InChI=1S/C14H20N2O2/c17-14(12-5-7-18-10-12)16(8-11-3-4-11)9-13-2-1-6-15-13/h5,7,10-11,13,15H,1-4,6,8-9H2. The zero-order valence-electron chi connectivity index (χ0n) is 10.6. The van der Waals surface area contributed by atoms with Gasteiger partial charge in [-0.2, -0.15) is 0 Å². The van der Waals surface area contributed by atoms with Gasteiger partial charge in [-0.3, -0.25) is 4.79 Å². The van der Waals surface area contributed by atoms with Crippen molar-refractivity contribution in [3.63, 3.8) is 0 Å². The summed E-state index contributed by atoms with van der Waals surface area (Å²) in [4.78, 5) is 14.4. The Labute approximate surface area is 107 Å². The number of carbonyl (C=O) groups excluding carboxylic acids is 1. The van der Waals surface area contributed by atoms with Crippen LogP contribution in [0.15, 0.2) is 23.0 Å². The van der Waals surface area contributed by atoms with Gasteiger partial charge < -0.3 is 14.6 Å². The average Bonchev–Trinajstić information content (AvgIpc) is 2.88. The molecule has 0 radical (unpaired) electrons. The van der Waals surface area contributed by atoms with Gasteiger partial charge in [0.15, 0.2) is 0 Å². The van der Waals surface area contributed by atoms with Crippen LogP contribution >= 0.6 is 0 Å². The molecular weight excluding hydrogens is 228 g/mol. The Balaban J connectivity index is 1.65. The molecule has 18 heavy (non-hydrogen) atoms. The third-order valence-electron chi connectivity index (χ3n) is 3.83. The summed E-state index contributed by atoms with van der Waals surface area (Å²) in [6.45, 7) is 2.82. The lowest BCUT2D eigenvalue weighted by molar-refractivity contribution is 0.0733. The Morgan fingerprint density at radius 1 is 1.39 bits per heavy atom. The van der Waals surface area contributed by atoms with E-state index in [0.717, 1.165) is 25.6 Å². The molecule has 4 heteroatoms. The van der Waals surface area contributed by atoms with Crippen LogP contribution in [0.2, 0.25) is 0 Å². The minimum Gasteiger partial charge on any atom is -0.472 e. The van der Waals surface area contributed by atoms with E-state index < -0.39 is 0 Å². The Kier molecular flexibility index (Phi) is 3.37. The van der Waals surface area contributed by atoms with Crippen molar-refractivity contribution in [1.82, 2.24) is 10.2 Å². The Hall–Kier alpha value is -1.29. The molecule has 2 aliphatic rings. The van der Waals surface area contributed by atoms with Crippen LogP contribution in [0.3, 0.4) is 0 Å². The summed E-state index contributed by atoms with van der Waals surface area (Å²) in [7, 11) is 0. The summed E-state index contributed by atoms with van der Waals surface area (Å²) in [6, 6.07) is 2.23. The van der Waals surface area contributed by atoms with Crippen LogP contribution in [-0.4, -0.2) is 36.5 Å². The first kappa shape index (κ1) is 11.8. The maximum Gasteiger partial charge on any atom is 0.257 e. The third kappa shape index (κ3) is 2.75. The second kappa shape index (κ2) is 5.14. The molecule has 4 nitrogen and oxygen atoms in total. The predicted molar refractivity (Wildman–Crippen MR) is 68.4 cm³/mol. The molecule has 0 spiro atoms. The molecule has 1 N–H and O–H groups in total. The first-order valence-electron chi connectivity index (χ1n) is 6.88. The minimum atomic E-state index is 0.115. The fourth-order valence-electron chi connectivity index (χ4n) is 2.60. The number of amides is 1. The molecule has 2 heterocycles. The van der Waals surface area contributed by atoms with E-state index in [-0.39, 0.29) is 5.91 Å². The minimum absolute atomic E-state index is 0.115. The van der Waals surface area contributed by atoms with E-state index in [1.54, 1.807) is 18.6 Å². The summed E-state index contributed by atoms with van der Waals surface area (Å²) in [5, 5.41) is 3.46. The molecule has 3 rings (SSSR count). The second-order valence-electron chi connectivity index (χ2n) is 5.46. The maximum absolute atomic E-state index is 12.4. The van der Waals surface area contributed by atoms with Gasteiger partial charge in [-0.15, -0.1) is 0 Å². The molecule has 1 atom stereocenters. The molecule has 1 unspecified atom stereocenters. The van der Waals surface area contributed by atoms with Gasteiger partial charge in [-0.1, -0.05) is 0 Å². The van der Waals surface area contributed by atoms with Gasteiger partial charge in [0.1, 0.15) is 6.26 Å². The van der Waals surface area contributed by atoms with Crippen LogP contribution in [0.4, 0.5) is 0 Å². The van der Waals surface area contributed by atoms with Crippen molar-refractivity contribution in [3.8, 4) is 0 Å². The molecule has 1 saturated carbocycles. The number of nitrogens with zero attached hydrogens (tertiary/aromatic N) is 1. The first-order valence-corrected chi connectivity index (χ1v) is 6.88. The molecule has 0 aromatic carbocycles. The average molecular weight is 248 g/mol. The van der Waals surface area contributed by atoms with E-state index in [0.29, 0.717) is 11.6 Å². The molecule has 98 valence electrons. The number of hydrogen-bond acceptors (Lipinski definition) is 3. The highest BCUT2D eigenvalue weighted by Crippen LogP contribution is 2.30. The number of nitrogens with one attached hydrogen (secondary N) is 1. The van der Waals surface area contributed by atoms with Crippen molar-refractivity contribution in [1.29, 1.82) is 0 Å². The van der Waals surface area contributed by atoms with E-state index >= 15 is 0 Å². The summed E-state index contributed by atoms with van der Waals surface area (Å²) in [5.41, 5.74) is 0.675. The van der Waals surface area contributed by atoms with Crippen LogP contribution in [0, 0.1) is 5.92 Å². The molecular formula is C14H20N2O2. The van der Waals surface area contributed by atoms with Crippen LogP contribution in [0.5, 0.6) is 0 Å². The number of rotatable bonds is 5. The van der Waals surface area contributed by atoms with Gasteiger partial charge in [0.05, 0.1) is 11.8 Å². The van der Waals surface area contributed by atoms with Gasteiger partial charge >= 0.3 is 0 Å². The van der Waals surface area contributed by atoms with Crippen LogP contribution < -0.4 is 5.32 Å². The summed E-state index contributed by atoms with van der Waals surface area (Å²) in [6.07, 6.45) is 8.06. The summed E-state index contributed by atoms with van der Waals surface area (Å²) < 4.78 is 5.01. The highest BCUT2D eigenvalue weighted by Gasteiger charge is 2.29. The van der Waals surface area contributed by atoms with Crippen LogP contribution in [0.25, 0.3) is 0 Å². The number of hydrogen-bond donors (Lipinski definition) is 1. The Morgan fingerprint density at radius 3 is 2.89 bits per heavy atom. The third-order valence-corrected chi connectivity index (χ3v) is 3.83. The number of furan rings is 1. The monoisotopic (exact) mass is 248 g/mol. The molecule has 0 bridgehead atoms. The van der Waals surface area contributed by atoms with E-state index in [2.05, 4.69) is 5.32 Å². The molecule has 1 aliphatic heterocycles. The van der Waals surface area contributed by atoms with E-state index in [1.165, 1.54) is 25.7 Å². The lowest BCUT2D eigenvalue weighted by Gasteiger charge is -2.25. The lowest BCUT2D eigenvalue weighted by atomic mass is 10.2. The maximum atomic E-state index is 12.4. The van der Waals surface area contributed by atoms with Crippen LogP contribution in [-0.2, 0) is 0 Å². The van der Waals surface area contributed by atoms with Gasteiger partial charge in [-0.05, 0) is 44.2 Å². The lowest BCUT2D eigenvalue weighted by Crippen LogP contribution is -2.42. The zero-order valence-corrected chi connectivity index (χ0v) is 10.6. The summed E-state index contributed by atoms with van der Waals surface area (Å²) >= 11 is 0. The summed E-state index contributed by atoms with van der Waals surface area (Å²) in [5.74, 6) is 0.839. The van der Waals surface area contributed by atoms with E-state index in [1.807, 2.05) is 4.90 Å². The van der Waals surface area contributed by atoms with Crippen molar-refractivity contribution in [3.05, 3.63) is 24.2 Å². The largest absolute Gasteiger partial charge is 0.472 e. The molecule has 2 fully saturated rings. The Morgan fingerprint density at radius 2 is 2.28 bits per heavy atom. The molecule has 1 aromatic rings. The van der Waals surface area contributed by atoms with Crippen LogP contribution in [0.1, 0.15) is 36.0 Å². The molecule has 1 amide bonds. The number of carbonyl (C=O) groups is 1. The highest BCUT2D eigenvalue weighted by molar-refractivity contribution is 5.93. The Bertz CT molecular complexity index is 392. The fourth-order valence-corrected chi connectivity index (χ4v) is 2.60.